The molecule has 0 spiro atoms. The molecule has 5 nitrogen and oxygen atoms in total. The number of fused-ring (bicyclic) bond motifs is 1. The fourth-order valence-corrected chi connectivity index (χ4v) is 2.86. The molecule has 5 heteroatoms. The Morgan fingerprint density at radius 3 is 2.62 bits per heavy atom. The Morgan fingerprint density at radius 2 is 1.92 bits per heavy atom. The number of benzene rings is 2. The molecule has 1 aromatic heterocycles. The van der Waals surface area contributed by atoms with Gasteiger partial charge in [0.15, 0.2) is 0 Å². The third kappa shape index (κ3) is 3.01. The van der Waals surface area contributed by atoms with Crippen LogP contribution in [0.2, 0.25) is 0 Å². The van der Waals surface area contributed by atoms with E-state index in [4.69, 9.17) is 5.11 Å². The van der Waals surface area contributed by atoms with Crippen LogP contribution in [0.4, 0.5) is 5.69 Å². The second kappa shape index (κ2) is 6.20. The zero-order chi connectivity index (χ0) is 17.3. The Morgan fingerprint density at radius 1 is 1.17 bits per heavy atom. The molecule has 0 aliphatic rings. The van der Waals surface area contributed by atoms with Crippen molar-refractivity contribution in [1.29, 1.82) is 0 Å². The van der Waals surface area contributed by atoms with Crippen molar-refractivity contribution in [2.45, 2.75) is 13.3 Å². The predicted molar refractivity (Wildman–Crippen MR) is 93.4 cm³/mol. The van der Waals surface area contributed by atoms with Crippen LogP contribution in [-0.4, -0.2) is 21.6 Å². The monoisotopic (exact) mass is 322 g/mol. The minimum absolute atomic E-state index is 0.0244. The van der Waals surface area contributed by atoms with Gasteiger partial charge in [-0.2, -0.15) is 0 Å². The minimum atomic E-state index is -0.870. The highest BCUT2D eigenvalue weighted by molar-refractivity contribution is 6.13. The smallest absolute Gasteiger partial charge is 0.307 e. The molecule has 1 amide bonds. The summed E-state index contributed by atoms with van der Waals surface area (Å²) in [6, 6.07) is 13.0. The average Bonchev–Trinajstić information content (AvgIpc) is 2.87. The van der Waals surface area contributed by atoms with Crippen LogP contribution in [0.25, 0.3) is 10.9 Å². The van der Waals surface area contributed by atoms with E-state index in [1.54, 1.807) is 18.2 Å². The van der Waals surface area contributed by atoms with Crippen LogP contribution in [0.15, 0.2) is 48.7 Å². The molecule has 122 valence electrons. The first-order valence-electron chi connectivity index (χ1n) is 7.62. The molecule has 0 saturated carbocycles. The van der Waals surface area contributed by atoms with Crippen molar-refractivity contribution in [3.63, 3.8) is 0 Å². The van der Waals surface area contributed by atoms with E-state index >= 15 is 0 Å². The van der Waals surface area contributed by atoms with Crippen LogP contribution in [0.5, 0.6) is 0 Å². The predicted octanol–water partition coefficient (Wildman–Crippen LogP) is 3.37. The van der Waals surface area contributed by atoms with Gasteiger partial charge in [0, 0.05) is 29.8 Å². The van der Waals surface area contributed by atoms with Crippen molar-refractivity contribution >= 4 is 28.5 Å². The lowest BCUT2D eigenvalue weighted by atomic mass is 10.0. The normalized spacial score (nSPS) is 10.8. The number of carbonyl (C=O) groups is 2. The number of anilines is 1. The summed E-state index contributed by atoms with van der Waals surface area (Å²) in [6.45, 7) is 1.84. The summed E-state index contributed by atoms with van der Waals surface area (Å²) >= 11 is 0. The molecular weight excluding hydrogens is 304 g/mol. The van der Waals surface area contributed by atoms with Crippen LogP contribution in [0, 0.1) is 6.92 Å². The first-order chi connectivity index (χ1) is 11.5. The summed E-state index contributed by atoms with van der Waals surface area (Å²) in [5, 5.41) is 12.7. The van der Waals surface area contributed by atoms with Crippen LogP contribution >= 0.6 is 0 Å². The number of nitrogens with one attached hydrogen (secondary N) is 1. The van der Waals surface area contributed by atoms with Gasteiger partial charge in [-0.15, -0.1) is 0 Å². The van der Waals surface area contributed by atoms with Crippen LogP contribution < -0.4 is 5.32 Å². The molecule has 3 aromatic rings. The van der Waals surface area contributed by atoms with Gasteiger partial charge in [0.1, 0.15) is 0 Å². The Kier molecular flexibility index (Phi) is 4.08. The molecule has 2 aromatic carbocycles. The second-order valence-corrected chi connectivity index (χ2v) is 5.84. The molecule has 0 aliphatic carbocycles. The van der Waals surface area contributed by atoms with Crippen LogP contribution in [0.3, 0.4) is 0 Å². The van der Waals surface area contributed by atoms with Gasteiger partial charge in [0.25, 0.3) is 5.91 Å². The number of aryl methyl sites for hydroxylation is 2. The van der Waals surface area contributed by atoms with Gasteiger partial charge in [-0.05, 0) is 36.2 Å². The van der Waals surface area contributed by atoms with E-state index in [0.717, 1.165) is 22.0 Å². The Bertz CT molecular complexity index is 941. The molecule has 1 heterocycles. The van der Waals surface area contributed by atoms with Crippen LogP contribution in [-0.2, 0) is 18.3 Å². The van der Waals surface area contributed by atoms with Crippen molar-refractivity contribution in [2.75, 3.05) is 5.32 Å². The van der Waals surface area contributed by atoms with E-state index < -0.39 is 5.97 Å². The van der Waals surface area contributed by atoms with Crippen molar-refractivity contribution < 1.29 is 14.7 Å². The van der Waals surface area contributed by atoms with E-state index in [0.29, 0.717) is 11.3 Å². The molecule has 0 radical (unpaired) electrons. The highest BCUT2D eigenvalue weighted by Gasteiger charge is 2.14. The van der Waals surface area contributed by atoms with Gasteiger partial charge in [-0.1, -0.05) is 24.3 Å². The number of aromatic nitrogens is 1. The Labute approximate surface area is 139 Å². The van der Waals surface area contributed by atoms with Gasteiger partial charge >= 0.3 is 5.97 Å². The molecular formula is C19H18N2O3. The molecule has 0 saturated heterocycles. The highest BCUT2D eigenvalue weighted by Crippen LogP contribution is 2.22. The lowest BCUT2D eigenvalue weighted by molar-refractivity contribution is -0.136. The maximum atomic E-state index is 12.6. The zero-order valence-electron chi connectivity index (χ0n) is 13.5. The van der Waals surface area contributed by atoms with Crippen molar-refractivity contribution in [3.05, 3.63) is 65.4 Å². The molecule has 0 fully saturated rings. The largest absolute Gasteiger partial charge is 0.481 e. The molecule has 0 bridgehead atoms. The number of carbonyl (C=O) groups excluding carboxylic acids is 1. The maximum absolute atomic E-state index is 12.6. The first-order valence-corrected chi connectivity index (χ1v) is 7.62. The molecule has 0 aliphatic heterocycles. The van der Waals surface area contributed by atoms with Gasteiger partial charge < -0.3 is 15.0 Å². The van der Waals surface area contributed by atoms with E-state index in [-0.39, 0.29) is 12.3 Å². The number of aliphatic carboxylic acids is 1. The zero-order valence-corrected chi connectivity index (χ0v) is 13.5. The van der Waals surface area contributed by atoms with Crippen LogP contribution in [0.1, 0.15) is 21.5 Å². The van der Waals surface area contributed by atoms with Gasteiger partial charge in [-0.25, -0.2) is 0 Å². The fourth-order valence-electron chi connectivity index (χ4n) is 2.86. The van der Waals surface area contributed by atoms with Gasteiger partial charge in [0.2, 0.25) is 0 Å². The quantitative estimate of drug-likeness (QED) is 0.773. The van der Waals surface area contributed by atoms with Crippen molar-refractivity contribution in [2.24, 2.45) is 7.05 Å². The molecule has 24 heavy (non-hydrogen) atoms. The summed E-state index contributed by atoms with van der Waals surface area (Å²) < 4.78 is 1.92. The minimum Gasteiger partial charge on any atom is -0.481 e. The van der Waals surface area contributed by atoms with E-state index in [9.17, 15) is 9.59 Å². The lowest BCUT2D eigenvalue weighted by Gasteiger charge is -2.08. The molecule has 0 unspecified atom stereocenters. The lowest BCUT2D eigenvalue weighted by Crippen LogP contribution is -2.12. The summed E-state index contributed by atoms with van der Waals surface area (Å²) in [5.74, 6) is -1.05. The van der Waals surface area contributed by atoms with E-state index in [1.165, 1.54) is 0 Å². The number of para-hydroxylation sites is 1. The summed E-state index contributed by atoms with van der Waals surface area (Å²) in [6.07, 6.45) is 1.79. The average molecular weight is 322 g/mol. The number of carboxylic acids is 1. The van der Waals surface area contributed by atoms with Crippen molar-refractivity contribution in [3.8, 4) is 0 Å². The molecule has 3 rings (SSSR count). The second-order valence-electron chi connectivity index (χ2n) is 5.84. The fraction of sp³-hybridized carbons (Fsp3) is 0.158. The number of amides is 1. The SMILES string of the molecule is Cc1cc(NC(=O)c2cn(C)c3ccccc23)ccc1CC(=O)O. The topological polar surface area (TPSA) is 71.3 Å². The number of rotatable bonds is 4. The number of carboxylic acid groups (broad SMARTS) is 1. The third-order valence-electron chi connectivity index (χ3n) is 4.08. The van der Waals surface area contributed by atoms with Gasteiger partial charge in [-0.3, -0.25) is 9.59 Å². The summed E-state index contributed by atoms with van der Waals surface area (Å²) in [7, 11) is 1.91. The standard InChI is InChI=1S/C19H18N2O3/c1-12-9-14(8-7-13(12)10-18(22)23)20-19(24)16-11-21(2)17-6-4-3-5-15(16)17/h3-9,11H,10H2,1-2H3,(H,20,24)(H,22,23). The Hall–Kier alpha value is -3.08. The first kappa shape index (κ1) is 15.8. The Balaban J connectivity index is 1.86. The number of hydrogen-bond donors (Lipinski definition) is 2. The molecule has 2 N–H and O–H groups in total. The number of hydrogen-bond acceptors (Lipinski definition) is 2. The summed E-state index contributed by atoms with van der Waals surface area (Å²) in [4.78, 5) is 23.4. The van der Waals surface area contributed by atoms with E-state index in [1.807, 2.05) is 49.0 Å². The highest BCUT2D eigenvalue weighted by atomic mass is 16.4. The molecule has 0 atom stereocenters. The van der Waals surface area contributed by atoms with Crippen molar-refractivity contribution in [1.82, 2.24) is 4.57 Å². The third-order valence-corrected chi connectivity index (χ3v) is 4.08. The summed E-state index contributed by atoms with van der Waals surface area (Å²) in [5.41, 5.74) is 3.84. The van der Waals surface area contributed by atoms with E-state index in [2.05, 4.69) is 5.32 Å². The van der Waals surface area contributed by atoms with Gasteiger partial charge in [0.05, 0.1) is 12.0 Å². The maximum Gasteiger partial charge on any atom is 0.307 e. The number of nitrogens with zero attached hydrogens (tertiary/aromatic N) is 1.